The number of rotatable bonds is 4. The van der Waals surface area contributed by atoms with Crippen LogP contribution in [0.25, 0.3) is 55.4 Å². The van der Waals surface area contributed by atoms with Crippen LogP contribution in [0, 0.1) is 0 Å². The van der Waals surface area contributed by atoms with Crippen LogP contribution < -0.4 is 5.46 Å². The van der Waals surface area contributed by atoms with E-state index in [1.165, 1.54) is 10.8 Å². The second kappa shape index (κ2) is 8.80. The maximum Gasteiger partial charge on any atom is 0.488 e. The predicted octanol–water partition coefficient (Wildman–Crippen LogP) is 5.46. The van der Waals surface area contributed by atoms with E-state index in [1.54, 1.807) is 12.1 Å². The van der Waals surface area contributed by atoms with Crippen molar-refractivity contribution in [2.24, 2.45) is 0 Å². The molecule has 0 aliphatic carbocycles. The van der Waals surface area contributed by atoms with E-state index in [0.29, 0.717) is 11.3 Å². The molecular formula is C30H21BN2O2. The minimum absolute atomic E-state index is 0.425. The molecule has 0 unspecified atom stereocenters. The summed E-state index contributed by atoms with van der Waals surface area (Å²) < 4.78 is 0. The van der Waals surface area contributed by atoms with Crippen molar-refractivity contribution in [3.63, 3.8) is 0 Å². The average molecular weight is 452 g/mol. The molecule has 6 rings (SSSR count). The lowest BCUT2D eigenvalue weighted by Crippen LogP contribution is -2.29. The SMILES string of the molecule is OB(O)c1ccc(-c2nc(-c3ccc4ccccc4c3)cc(-c3ccc4ccccc4c3)n2)cc1. The fourth-order valence-corrected chi connectivity index (χ4v) is 4.37. The van der Waals surface area contributed by atoms with Crippen molar-refractivity contribution >= 4 is 34.1 Å². The first-order valence-electron chi connectivity index (χ1n) is 11.5. The maximum atomic E-state index is 9.47. The Balaban J connectivity index is 1.53. The summed E-state index contributed by atoms with van der Waals surface area (Å²) in [6.45, 7) is 0. The summed E-state index contributed by atoms with van der Waals surface area (Å²) >= 11 is 0. The van der Waals surface area contributed by atoms with Crippen molar-refractivity contribution in [2.75, 3.05) is 0 Å². The van der Waals surface area contributed by atoms with E-state index < -0.39 is 7.12 Å². The Morgan fingerprint density at radius 3 is 1.40 bits per heavy atom. The highest BCUT2D eigenvalue weighted by atomic mass is 16.4. The van der Waals surface area contributed by atoms with Gasteiger partial charge in [0.25, 0.3) is 0 Å². The molecule has 35 heavy (non-hydrogen) atoms. The topological polar surface area (TPSA) is 66.2 Å². The van der Waals surface area contributed by atoms with Crippen LogP contribution in [0.2, 0.25) is 0 Å². The van der Waals surface area contributed by atoms with Gasteiger partial charge < -0.3 is 10.0 Å². The quantitative estimate of drug-likeness (QED) is 0.349. The van der Waals surface area contributed by atoms with Crippen molar-refractivity contribution < 1.29 is 10.0 Å². The van der Waals surface area contributed by atoms with Gasteiger partial charge in [-0.3, -0.25) is 0 Å². The number of hydrogen-bond donors (Lipinski definition) is 2. The number of hydrogen-bond acceptors (Lipinski definition) is 4. The number of fused-ring (bicyclic) bond motifs is 2. The van der Waals surface area contributed by atoms with E-state index in [1.807, 2.05) is 42.5 Å². The Morgan fingerprint density at radius 1 is 0.457 bits per heavy atom. The Kier molecular flexibility index (Phi) is 5.34. The first-order chi connectivity index (χ1) is 17.1. The summed E-state index contributed by atoms with van der Waals surface area (Å²) in [7, 11) is -1.51. The maximum absolute atomic E-state index is 9.47. The molecule has 1 aromatic heterocycles. The van der Waals surface area contributed by atoms with Crippen LogP contribution in [0.15, 0.2) is 115 Å². The summed E-state index contributed by atoms with van der Waals surface area (Å²) in [5.74, 6) is 0.581. The minimum Gasteiger partial charge on any atom is -0.423 e. The van der Waals surface area contributed by atoms with Gasteiger partial charge >= 0.3 is 7.12 Å². The van der Waals surface area contributed by atoms with Gasteiger partial charge in [-0.1, -0.05) is 97.1 Å². The van der Waals surface area contributed by atoms with Crippen LogP contribution in [0.1, 0.15) is 0 Å². The number of aromatic nitrogens is 2. The molecular weight excluding hydrogens is 431 g/mol. The van der Waals surface area contributed by atoms with Gasteiger partial charge in [-0.05, 0) is 45.2 Å². The van der Waals surface area contributed by atoms with Crippen molar-refractivity contribution in [2.45, 2.75) is 0 Å². The van der Waals surface area contributed by atoms with Gasteiger partial charge in [0, 0.05) is 16.7 Å². The van der Waals surface area contributed by atoms with Crippen molar-refractivity contribution in [3.05, 3.63) is 115 Å². The van der Waals surface area contributed by atoms with Gasteiger partial charge in [0.1, 0.15) is 0 Å². The molecule has 166 valence electrons. The molecule has 5 heteroatoms. The summed E-state index contributed by atoms with van der Waals surface area (Å²) in [6, 6.07) is 38.3. The van der Waals surface area contributed by atoms with Crippen molar-refractivity contribution in [3.8, 4) is 33.9 Å². The molecule has 0 radical (unpaired) electrons. The zero-order valence-corrected chi connectivity index (χ0v) is 18.8. The van der Waals surface area contributed by atoms with Crippen LogP contribution >= 0.6 is 0 Å². The third-order valence-electron chi connectivity index (χ3n) is 6.28. The van der Waals surface area contributed by atoms with E-state index in [4.69, 9.17) is 9.97 Å². The van der Waals surface area contributed by atoms with Crippen LogP contribution in [0.4, 0.5) is 0 Å². The van der Waals surface area contributed by atoms with E-state index in [-0.39, 0.29) is 0 Å². The molecule has 0 aliphatic heterocycles. The highest BCUT2D eigenvalue weighted by Gasteiger charge is 2.14. The molecule has 4 nitrogen and oxygen atoms in total. The highest BCUT2D eigenvalue weighted by molar-refractivity contribution is 6.58. The molecule has 0 amide bonds. The van der Waals surface area contributed by atoms with Crippen LogP contribution in [0.3, 0.4) is 0 Å². The molecule has 0 atom stereocenters. The lowest BCUT2D eigenvalue weighted by molar-refractivity contribution is 0.426. The third kappa shape index (κ3) is 4.19. The molecule has 5 aromatic carbocycles. The molecule has 0 saturated heterocycles. The van der Waals surface area contributed by atoms with Crippen LogP contribution in [-0.2, 0) is 0 Å². The van der Waals surface area contributed by atoms with Gasteiger partial charge in [-0.25, -0.2) is 9.97 Å². The van der Waals surface area contributed by atoms with E-state index in [2.05, 4.69) is 60.7 Å². The fraction of sp³-hybridized carbons (Fsp3) is 0. The molecule has 0 bridgehead atoms. The van der Waals surface area contributed by atoms with Gasteiger partial charge in [-0.2, -0.15) is 0 Å². The Hall–Kier alpha value is -4.32. The third-order valence-corrected chi connectivity index (χ3v) is 6.28. The lowest BCUT2D eigenvalue weighted by Gasteiger charge is -2.11. The van der Waals surface area contributed by atoms with Gasteiger partial charge in [0.15, 0.2) is 5.82 Å². The number of benzene rings is 5. The van der Waals surface area contributed by atoms with Crippen LogP contribution in [-0.4, -0.2) is 27.1 Å². The molecule has 0 spiro atoms. The van der Waals surface area contributed by atoms with E-state index in [9.17, 15) is 10.0 Å². The first kappa shape index (κ1) is 21.2. The second-order valence-electron chi connectivity index (χ2n) is 8.58. The minimum atomic E-state index is -1.51. The molecule has 0 saturated carbocycles. The Morgan fingerprint density at radius 2 is 0.914 bits per heavy atom. The van der Waals surface area contributed by atoms with Crippen LogP contribution in [0.5, 0.6) is 0 Å². The smallest absolute Gasteiger partial charge is 0.423 e. The fourth-order valence-electron chi connectivity index (χ4n) is 4.37. The van der Waals surface area contributed by atoms with Crippen molar-refractivity contribution in [1.29, 1.82) is 0 Å². The molecule has 6 aromatic rings. The zero-order valence-electron chi connectivity index (χ0n) is 18.8. The monoisotopic (exact) mass is 452 g/mol. The summed E-state index contributed by atoms with van der Waals surface area (Å²) in [5, 5.41) is 23.6. The first-order valence-corrected chi connectivity index (χ1v) is 11.5. The van der Waals surface area contributed by atoms with Gasteiger partial charge in [-0.15, -0.1) is 0 Å². The molecule has 0 aliphatic rings. The normalized spacial score (nSPS) is 11.1. The number of nitrogens with zero attached hydrogens (tertiary/aromatic N) is 2. The van der Waals surface area contributed by atoms with Gasteiger partial charge in [0.2, 0.25) is 0 Å². The Labute approximate surface area is 203 Å². The zero-order chi connectivity index (χ0) is 23.8. The van der Waals surface area contributed by atoms with Gasteiger partial charge in [0.05, 0.1) is 11.4 Å². The predicted molar refractivity (Wildman–Crippen MR) is 143 cm³/mol. The standard InChI is InChI=1S/C30H21BN2O2/c34-31(35)27-15-13-22(14-16-27)30-32-28(25-11-9-20-5-1-3-7-23(20)17-25)19-29(33-30)26-12-10-21-6-2-4-8-24(21)18-26/h1-19,34-35H. The summed E-state index contributed by atoms with van der Waals surface area (Å²) in [4.78, 5) is 9.81. The van der Waals surface area contributed by atoms with E-state index in [0.717, 1.165) is 38.9 Å². The Bertz CT molecular complexity index is 1580. The summed E-state index contributed by atoms with van der Waals surface area (Å²) in [5.41, 5.74) is 4.91. The molecule has 1 heterocycles. The molecule has 0 fully saturated rings. The molecule has 2 N–H and O–H groups in total. The lowest BCUT2D eigenvalue weighted by atomic mass is 9.80. The van der Waals surface area contributed by atoms with Crippen molar-refractivity contribution in [1.82, 2.24) is 9.97 Å². The largest absolute Gasteiger partial charge is 0.488 e. The average Bonchev–Trinajstić information content (AvgIpc) is 2.92. The highest BCUT2D eigenvalue weighted by Crippen LogP contribution is 2.30. The van der Waals surface area contributed by atoms with E-state index >= 15 is 0 Å². The second-order valence-corrected chi connectivity index (χ2v) is 8.58. The summed E-state index contributed by atoms with van der Waals surface area (Å²) in [6.07, 6.45) is 0.